The van der Waals surface area contributed by atoms with Crippen LogP contribution in [0.5, 0.6) is 0 Å². The number of carbonyl (C=O) groups excluding carboxylic acids is 1. The van der Waals surface area contributed by atoms with E-state index in [2.05, 4.69) is 4.98 Å². The molecule has 5 heteroatoms. The summed E-state index contributed by atoms with van der Waals surface area (Å²) in [6.45, 7) is 3.67. The quantitative estimate of drug-likeness (QED) is 0.764. The Morgan fingerprint density at radius 3 is 2.47 bits per heavy atom. The maximum Gasteiger partial charge on any atom is 0.416 e. The summed E-state index contributed by atoms with van der Waals surface area (Å²) < 4.78 is 38.2. The lowest BCUT2D eigenvalue weighted by Crippen LogP contribution is -2.06. The largest absolute Gasteiger partial charge is 0.416 e. The van der Waals surface area contributed by atoms with Gasteiger partial charge in [0.15, 0.2) is 6.29 Å². The monoisotopic (exact) mass is 267 g/mol. The van der Waals surface area contributed by atoms with E-state index in [4.69, 9.17) is 0 Å². The molecule has 2 rings (SSSR count). The lowest BCUT2D eigenvalue weighted by Gasteiger charge is -2.14. The summed E-state index contributed by atoms with van der Waals surface area (Å²) in [7, 11) is 0. The van der Waals surface area contributed by atoms with E-state index in [0.717, 1.165) is 12.1 Å². The van der Waals surface area contributed by atoms with Gasteiger partial charge in [0.1, 0.15) is 0 Å². The van der Waals surface area contributed by atoms with Crippen molar-refractivity contribution in [2.75, 3.05) is 0 Å². The number of rotatable bonds is 2. The van der Waals surface area contributed by atoms with Crippen molar-refractivity contribution in [1.82, 2.24) is 4.98 Å². The molecule has 1 aromatic heterocycles. The number of carbonyl (C=O) groups is 1. The van der Waals surface area contributed by atoms with Gasteiger partial charge in [-0.05, 0) is 29.7 Å². The minimum Gasteiger partial charge on any atom is -0.298 e. The second-order valence-corrected chi connectivity index (χ2v) is 4.63. The number of pyridine rings is 1. The second kappa shape index (κ2) is 4.64. The van der Waals surface area contributed by atoms with Crippen molar-refractivity contribution < 1.29 is 18.0 Å². The molecule has 0 atom stereocenters. The van der Waals surface area contributed by atoms with E-state index in [1.165, 1.54) is 12.3 Å². The molecule has 1 aromatic carbocycles. The van der Waals surface area contributed by atoms with Crippen molar-refractivity contribution >= 4 is 17.2 Å². The number of halogens is 3. The smallest absolute Gasteiger partial charge is 0.298 e. The van der Waals surface area contributed by atoms with Crippen LogP contribution in [0.4, 0.5) is 13.2 Å². The third kappa shape index (κ3) is 2.45. The molecule has 0 amide bonds. The van der Waals surface area contributed by atoms with Crippen LogP contribution in [0, 0.1) is 0 Å². The highest BCUT2D eigenvalue weighted by molar-refractivity contribution is 5.91. The predicted octanol–water partition coefficient (Wildman–Crippen LogP) is 4.19. The maximum absolute atomic E-state index is 12.7. The Morgan fingerprint density at radius 2 is 1.95 bits per heavy atom. The van der Waals surface area contributed by atoms with Crippen LogP contribution >= 0.6 is 0 Å². The number of alkyl halides is 3. The minimum atomic E-state index is -4.40. The maximum atomic E-state index is 12.7. The van der Waals surface area contributed by atoms with Crippen LogP contribution in [0.1, 0.15) is 41.3 Å². The van der Waals surface area contributed by atoms with Gasteiger partial charge in [-0.3, -0.25) is 9.78 Å². The average molecular weight is 267 g/mol. The molecule has 2 aromatic rings. The lowest BCUT2D eigenvalue weighted by molar-refractivity contribution is -0.137. The highest BCUT2D eigenvalue weighted by Crippen LogP contribution is 2.34. The van der Waals surface area contributed by atoms with Gasteiger partial charge in [-0.25, -0.2) is 0 Å². The molecular weight excluding hydrogens is 255 g/mol. The molecule has 0 bridgehead atoms. The molecule has 0 aliphatic rings. The molecule has 1 heterocycles. The molecule has 0 radical (unpaired) electrons. The standard InChI is InChI=1S/C14H12F3NO/c1-8(2)13-9(7-19)6-18-12-4-3-10(5-11(12)13)14(15,16)17/h3-8H,1-2H3. The summed E-state index contributed by atoms with van der Waals surface area (Å²) in [4.78, 5) is 15.0. The molecular formula is C14H12F3NO. The number of nitrogens with zero attached hydrogens (tertiary/aromatic N) is 1. The Morgan fingerprint density at radius 1 is 1.26 bits per heavy atom. The van der Waals surface area contributed by atoms with Crippen LogP contribution in [0.3, 0.4) is 0 Å². The Labute approximate surface area is 108 Å². The van der Waals surface area contributed by atoms with E-state index in [0.29, 0.717) is 28.3 Å². The van der Waals surface area contributed by atoms with Gasteiger partial charge in [0, 0.05) is 17.1 Å². The fourth-order valence-electron chi connectivity index (χ4n) is 2.14. The first-order valence-corrected chi connectivity index (χ1v) is 5.79. The summed E-state index contributed by atoms with van der Waals surface area (Å²) in [6.07, 6.45) is -2.38. The van der Waals surface area contributed by atoms with E-state index < -0.39 is 11.7 Å². The van der Waals surface area contributed by atoms with E-state index in [1.807, 2.05) is 13.8 Å². The molecule has 2 nitrogen and oxygen atoms in total. The summed E-state index contributed by atoms with van der Waals surface area (Å²) in [5.74, 6) is -0.0609. The molecule has 0 saturated heterocycles. The number of aromatic nitrogens is 1. The molecule has 0 spiro atoms. The van der Waals surface area contributed by atoms with Crippen molar-refractivity contribution in [3.63, 3.8) is 0 Å². The Balaban J connectivity index is 2.81. The van der Waals surface area contributed by atoms with Crippen molar-refractivity contribution in [3.8, 4) is 0 Å². The van der Waals surface area contributed by atoms with Gasteiger partial charge >= 0.3 is 6.18 Å². The highest BCUT2D eigenvalue weighted by atomic mass is 19.4. The number of fused-ring (bicyclic) bond motifs is 1. The molecule has 0 N–H and O–H groups in total. The zero-order valence-electron chi connectivity index (χ0n) is 10.5. The Hall–Kier alpha value is -1.91. The Kier molecular flexibility index (Phi) is 3.30. The van der Waals surface area contributed by atoms with Gasteiger partial charge in [-0.15, -0.1) is 0 Å². The molecule has 0 saturated carbocycles. The van der Waals surface area contributed by atoms with Gasteiger partial charge in [-0.2, -0.15) is 13.2 Å². The molecule has 0 aliphatic heterocycles. The van der Waals surface area contributed by atoms with Crippen LogP contribution in [-0.2, 0) is 6.18 Å². The van der Waals surface area contributed by atoms with Gasteiger partial charge in [-0.1, -0.05) is 13.8 Å². The number of benzene rings is 1. The van der Waals surface area contributed by atoms with E-state index in [1.54, 1.807) is 0 Å². The predicted molar refractivity (Wildman–Crippen MR) is 66.2 cm³/mol. The summed E-state index contributed by atoms with van der Waals surface area (Å²) >= 11 is 0. The Bertz CT molecular complexity index is 632. The first kappa shape index (κ1) is 13.5. The lowest BCUT2D eigenvalue weighted by atomic mass is 9.93. The van der Waals surface area contributed by atoms with E-state index in [-0.39, 0.29) is 5.92 Å². The average Bonchev–Trinajstić information content (AvgIpc) is 2.35. The van der Waals surface area contributed by atoms with Crippen molar-refractivity contribution in [1.29, 1.82) is 0 Å². The zero-order chi connectivity index (χ0) is 14.2. The van der Waals surface area contributed by atoms with Gasteiger partial charge < -0.3 is 0 Å². The fraction of sp³-hybridized carbons (Fsp3) is 0.286. The number of aldehydes is 1. The molecule has 100 valence electrons. The summed E-state index contributed by atoms with van der Waals surface area (Å²) in [5.41, 5.74) is 0.668. The number of hydrogen-bond acceptors (Lipinski definition) is 2. The minimum absolute atomic E-state index is 0.0609. The summed E-state index contributed by atoms with van der Waals surface area (Å²) in [5, 5.41) is 0.384. The normalized spacial score (nSPS) is 12.1. The number of hydrogen-bond donors (Lipinski definition) is 0. The zero-order valence-corrected chi connectivity index (χ0v) is 10.5. The van der Waals surface area contributed by atoms with E-state index >= 15 is 0 Å². The molecule has 0 fully saturated rings. The van der Waals surface area contributed by atoms with Crippen molar-refractivity contribution in [2.24, 2.45) is 0 Å². The van der Waals surface area contributed by atoms with Crippen LogP contribution in [0.25, 0.3) is 10.9 Å². The molecule has 0 aliphatic carbocycles. The topological polar surface area (TPSA) is 30.0 Å². The first-order valence-electron chi connectivity index (χ1n) is 5.79. The van der Waals surface area contributed by atoms with Crippen LogP contribution < -0.4 is 0 Å². The summed E-state index contributed by atoms with van der Waals surface area (Å²) in [6, 6.07) is 3.39. The van der Waals surface area contributed by atoms with Crippen LogP contribution in [-0.4, -0.2) is 11.3 Å². The van der Waals surface area contributed by atoms with Gasteiger partial charge in [0.25, 0.3) is 0 Å². The van der Waals surface area contributed by atoms with Gasteiger partial charge in [0.2, 0.25) is 0 Å². The van der Waals surface area contributed by atoms with Crippen LogP contribution in [0.15, 0.2) is 24.4 Å². The molecule has 0 unspecified atom stereocenters. The first-order chi connectivity index (χ1) is 8.84. The van der Waals surface area contributed by atoms with E-state index in [9.17, 15) is 18.0 Å². The van der Waals surface area contributed by atoms with Crippen molar-refractivity contribution in [3.05, 3.63) is 41.1 Å². The third-order valence-corrected chi connectivity index (χ3v) is 2.97. The van der Waals surface area contributed by atoms with Crippen molar-refractivity contribution in [2.45, 2.75) is 25.9 Å². The van der Waals surface area contributed by atoms with Gasteiger partial charge in [0.05, 0.1) is 11.1 Å². The fourth-order valence-corrected chi connectivity index (χ4v) is 2.14. The second-order valence-electron chi connectivity index (χ2n) is 4.63. The van der Waals surface area contributed by atoms with Crippen LogP contribution in [0.2, 0.25) is 0 Å². The third-order valence-electron chi connectivity index (χ3n) is 2.97. The highest BCUT2D eigenvalue weighted by Gasteiger charge is 2.31. The molecule has 19 heavy (non-hydrogen) atoms. The SMILES string of the molecule is CC(C)c1c(C=O)cnc2ccc(C(F)(F)F)cc12.